The zero-order chi connectivity index (χ0) is 15.4. The predicted molar refractivity (Wildman–Crippen MR) is 89.2 cm³/mol. The molecule has 110 valence electrons. The van der Waals surface area contributed by atoms with Crippen molar-refractivity contribution in [3.63, 3.8) is 0 Å². The quantitative estimate of drug-likeness (QED) is 0.449. The first-order valence-electron chi connectivity index (χ1n) is 7.16. The van der Waals surface area contributed by atoms with Crippen LogP contribution in [0.1, 0.15) is 12.5 Å². The van der Waals surface area contributed by atoms with E-state index in [4.69, 9.17) is 4.74 Å². The summed E-state index contributed by atoms with van der Waals surface area (Å²) in [6, 6.07) is 18.4. The molecule has 0 bridgehead atoms. The summed E-state index contributed by atoms with van der Waals surface area (Å²) in [5, 5.41) is 8.47. The van der Waals surface area contributed by atoms with E-state index in [9.17, 15) is 4.79 Å². The van der Waals surface area contributed by atoms with Crippen LogP contribution in [0.25, 0.3) is 21.5 Å². The zero-order valence-corrected chi connectivity index (χ0v) is 12.2. The SMILES string of the molecule is CCOC(=O)NN=Cc1c2ccccc2cc2ccccc12. The summed E-state index contributed by atoms with van der Waals surface area (Å²) in [5.41, 5.74) is 3.35. The Kier molecular flexibility index (Phi) is 4.01. The van der Waals surface area contributed by atoms with Gasteiger partial charge in [0.1, 0.15) is 0 Å². The van der Waals surface area contributed by atoms with Gasteiger partial charge in [0.15, 0.2) is 0 Å². The second kappa shape index (κ2) is 6.26. The third-order valence-corrected chi connectivity index (χ3v) is 3.44. The molecule has 22 heavy (non-hydrogen) atoms. The molecule has 0 aliphatic rings. The number of amides is 1. The minimum Gasteiger partial charge on any atom is -0.449 e. The van der Waals surface area contributed by atoms with Gasteiger partial charge in [-0.1, -0.05) is 48.5 Å². The molecule has 0 unspecified atom stereocenters. The highest BCUT2D eigenvalue weighted by Gasteiger charge is 2.05. The largest absolute Gasteiger partial charge is 0.449 e. The van der Waals surface area contributed by atoms with Gasteiger partial charge in [-0.2, -0.15) is 5.10 Å². The lowest BCUT2D eigenvalue weighted by Crippen LogP contribution is -2.18. The van der Waals surface area contributed by atoms with Gasteiger partial charge in [-0.3, -0.25) is 0 Å². The molecule has 0 aliphatic carbocycles. The second-order valence-electron chi connectivity index (χ2n) is 4.82. The number of fused-ring (bicyclic) bond motifs is 2. The fourth-order valence-corrected chi connectivity index (χ4v) is 2.50. The van der Waals surface area contributed by atoms with Crippen LogP contribution in [-0.2, 0) is 4.74 Å². The smallest absolute Gasteiger partial charge is 0.427 e. The number of rotatable bonds is 3. The van der Waals surface area contributed by atoms with E-state index in [1.165, 1.54) is 0 Å². The third-order valence-electron chi connectivity index (χ3n) is 3.44. The first-order chi connectivity index (χ1) is 10.8. The summed E-state index contributed by atoms with van der Waals surface area (Å²) >= 11 is 0. The van der Waals surface area contributed by atoms with Gasteiger partial charge in [-0.05, 0) is 34.5 Å². The average molecular weight is 292 g/mol. The molecule has 0 aliphatic heterocycles. The Labute approximate surface area is 128 Å². The van der Waals surface area contributed by atoms with Crippen molar-refractivity contribution in [1.29, 1.82) is 0 Å². The molecule has 1 N–H and O–H groups in total. The predicted octanol–water partition coefficient (Wildman–Crippen LogP) is 4.07. The van der Waals surface area contributed by atoms with Crippen molar-refractivity contribution >= 4 is 33.9 Å². The van der Waals surface area contributed by atoms with E-state index < -0.39 is 6.09 Å². The highest BCUT2D eigenvalue weighted by Crippen LogP contribution is 2.27. The van der Waals surface area contributed by atoms with Crippen LogP contribution in [0.2, 0.25) is 0 Å². The van der Waals surface area contributed by atoms with Crippen molar-refractivity contribution < 1.29 is 9.53 Å². The van der Waals surface area contributed by atoms with Crippen LogP contribution < -0.4 is 5.43 Å². The Hall–Kier alpha value is -2.88. The van der Waals surface area contributed by atoms with E-state index >= 15 is 0 Å². The minimum absolute atomic E-state index is 0.318. The summed E-state index contributed by atoms with van der Waals surface area (Å²) in [4.78, 5) is 11.3. The summed E-state index contributed by atoms with van der Waals surface area (Å²) in [5.74, 6) is 0. The van der Waals surface area contributed by atoms with Crippen molar-refractivity contribution in [2.45, 2.75) is 6.92 Å². The van der Waals surface area contributed by atoms with E-state index in [-0.39, 0.29) is 0 Å². The van der Waals surface area contributed by atoms with Crippen LogP contribution in [0.4, 0.5) is 4.79 Å². The molecule has 3 aromatic carbocycles. The lowest BCUT2D eigenvalue weighted by molar-refractivity contribution is 0.152. The number of carbonyl (C=O) groups is 1. The average Bonchev–Trinajstić information content (AvgIpc) is 2.54. The zero-order valence-electron chi connectivity index (χ0n) is 12.2. The van der Waals surface area contributed by atoms with E-state index in [0.29, 0.717) is 6.61 Å². The van der Waals surface area contributed by atoms with Gasteiger partial charge >= 0.3 is 6.09 Å². The van der Waals surface area contributed by atoms with E-state index in [1.54, 1.807) is 13.1 Å². The number of carbonyl (C=O) groups excluding carboxylic acids is 1. The topological polar surface area (TPSA) is 50.7 Å². The van der Waals surface area contributed by atoms with Crippen LogP contribution in [0, 0.1) is 0 Å². The van der Waals surface area contributed by atoms with Gasteiger partial charge in [-0.25, -0.2) is 10.2 Å². The van der Waals surface area contributed by atoms with Crippen molar-refractivity contribution in [2.75, 3.05) is 6.61 Å². The Morgan fingerprint density at radius 3 is 2.27 bits per heavy atom. The molecule has 0 aromatic heterocycles. The molecule has 0 atom stereocenters. The molecular formula is C18H16N2O2. The maximum absolute atomic E-state index is 11.3. The molecule has 0 saturated heterocycles. The summed E-state index contributed by atoms with van der Waals surface area (Å²) in [6.45, 7) is 2.07. The number of hydrogen-bond acceptors (Lipinski definition) is 3. The number of nitrogens with one attached hydrogen (secondary N) is 1. The maximum atomic E-state index is 11.3. The van der Waals surface area contributed by atoms with Gasteiger partial charge in [0.05, 0.1) is 12.8 Å². The molecular weight excluding hydrogens is 276 g/mol. The summed E-state index contributed by atoms with van der Waals surface area (Å²) < 4.78 is 4.79. The van der Waals surface area contributed by atoms with Gasteiger partial charge < -0.3 is 4.74 Å². The maximum Gasteiger partial charge on any atom is 0.427 e. The molecule has 3 rings (SSSR count). The second-order valence-corrected chi connectivity index (χ2v) is 4.82. The number of ether oxygens (including phenoxy) is 1. The van der Waals surface area contributed by atoms with Crippen LogP contribution in [0.3, 0.4) is 0 Å². The molecule has 4 heteroatoms. The number of hydrazone groups is 1. The van der Waals surface area contributed by atoms with Gasteiger partial charge in [0, 0.05) is 5.56 Å². The highest BCUT2D eigenvalue weighted by molar-refractivity contribution is 6.13. The minimum atomic E-state index is -0.553. The van der Waals surface area contributed by atoms with Crippen LogP contribution in [0.15, 0.2) is 59.7 Å². The van der Waals surface area contributed by atoms with Crippen LogP contribution in [0.5, 0.6) is 0 Å². The third kappa shape index (κ3) is 2.76. The summed E-state index contributed by atoms with van der Waals surface area (Å²) in [6.07, 6.45) is 1.12. The van der Waals surface area contributed by atoms with Gasteiger partial charge in [0.25, 0.3) is 0 Å². The Balaban J connectivity index is 2.08. The number of hydrogen-bond donors (Lipinski definition) is 1. The molecule has 0 radical (unpaired) electrons. The molecule has 0 heterocycles. The van der Waals surface area contributed by atoms with Crippen molar-refractivity contribution in [1.82, 2.24) is 5.43 Å². The fourth-order valence-electron chi connectivity index (χ4n) is 2.50. The fraction of sp³-hybridized carbons (Fsp3) is 0.111. The van der Waals surface area contributed by atoms with Crippen molar-refractivity contribution in [3.8, 4) is 0 Å². The van der Waals surface area contributed by atoms with Crippen LogP contribution >= 0.6 is 0 Å². The Bertz CT molecular complexity index is 802. The highest BCUT2D eigenvalue weighted by atomic mass is 16.5. The van der Waals surface area contributed by atoms with Gasteiger partial charge in [0.2, 0.25) is 0 Å². The first-order valence-corrected chi connectivity index (χ1v) is 7.16. The van der Waals surface area contributed by atoms with E-state index in [1.807, 2.05) is 36.4 Å². The molecule has 0 saturated carbocycles. The normalized spacial score (nSPS) is 11.1. The molecule has 4 nitrogen and oxygen atoms in total. The van der Waals surface area contributed by atoms with Crippen molar-refractivity contribution in [2.24, 2.45) is 5.10 Å². The standard InChI is InChI=1S/C18H16N2O2/c1-2-22-18(21)20-19-12-17-15-9-5-3-7-13(15)11-14-8-4-6-10-16(14)17/h3-12H,2H2,1H3,(H,20,21). The van der Waals surface area contributed by atoms with E-state index in [0.717, 1.165) is 27.1 Å². The molecule has 0 fully saturated rings. The molecule has 0 spiro atoms. The Morgan fingerprint density at radius 1 is 1.09 bits per heavy atom. The monoisotopic (exact) mass is 292 g/mol. The molecule has 3 aromatic rings. The molecule has 1 amide bonds. The lowest BCUT2D eigenvalue weighted by Gasteiger charge is -2.07. The van der Waals surface area contributed by atoms with E-state index in [2.05, 4.69) is 28.7 Å². The first kappa shape index (κ1) is 14.1. The number of benzene rings is 3. The van der Waals surface area contributed by atoms with Crippen molar-refractivity contribution in [3.05, 3.63) is 60.2 Å². The van der Waals surface area contributed by atoms with Gasteiger partial charge in [-0.15, -0.1) is 0 Å². The Morgan fingerprint density at radius 2 is 1.68 bits per heavy atom. The summed E-state index contributed by atoms with van der Waals surface area (Å²) in [7, 11) is 0. The number of nitrogens with zero attached hydrogens (tertiary/aromatic N) is 1. The van der Waals surface area contributed by atoms with Crippen LogP contribution in [-0.4, -0.2) is 18.9 Å². The lowest BCUT2D eigenvalue weighted by atomic mass is 9.97.